The summed E-state index contributed by atoms with van der Waals surface area (Å²) in [6.07, 6.45) is 0.727. The lowest BCUT2D eigenvalue weighted by atomic mass is 10.1. The molecule has 0 rings (SSSR count). The van der Waals surface area contributed by atoms with E-state index in [0.717, 1.165) is 6.42 Å². The molecule has 0 spiro atoms. The van der Waals surface area contributed by atoms with Gasteiger partial charge in [0.15, 0.2) is 6.54 Å². The number of quaternary nitrogens is 1. The van der Waals surface area contributed by atoms with Crippen LogP contribution in [0.4, 0.5) is 0 Å². The molecule has 0 aromatic heterocycles. The first-order chi connectivity index (χ1) is 6.78. The van der Waals surface area contributed by atoms with Crippen LogP contribution in [0.15, 0.2) is 0 Å². The number of hydrogen-bond donors (Lipinski definition) is 1. The largest absolute Gasteiger partial charge is 0.477 e. The monoisotopic (exact) mass is 218 g/mol. The molecule has 0 aliphatic rings. The van der Waals surface area contributed by atoms with Crippen molar-refractivity contribution in [3.63, 3.8) is 0 Å². The molecule has 0 aromatic carbocycles. The molecule has 0 aliphatic heterocycles. The summed E-state index contributed by atoms with van der Waals surface area (Å²) < 4.78 is 5.17. The smallest absolute Gasteiger partial charge is 0.359 e. The zero-order chi connectivity index (χ0) is 12.1. The van der Waals surface area contributed by atoms with Crippen molar-refractivity contribution in [2.24, 2.45) is 5.92 Å². The number of ether oxygens (including phenoxy) is 1. The number of carbonyl (C=O) groups excluding carboxylic acids is 1. The first kappa shape index (κ1) is 13.9. The standard InChI is InChI=1S/C10H19NO4/c1-5-8(2)10(14)15-7-11(3,4)6-9(12)13/h8H,5-7H2,1-4H3/p+1. The minimum absolute atomic E-state index is 0.0617. The lowest BCUT2D eigenvalue weighted by Crippen LogP contribution is -2.46. The van der Waals surface area contributed by atoms with E-state index in [1.54, 1.807) is 21.0 Å². The minimum Gasteiger partial charge on any atom is -0.477 e. The van der Waals surface area contributed by atoms with E-state index in [0.29, 0.717) is 0 Å². The van der Waals surface area contributed by atoms with Gasteiger partial charge in [0, 0.05) is 0 Å². The Morgan fingerprint density at radius 2 is 1.93 bits per heavy atom. The van der Waals surface area contributed by atoms with Gasteiger partial charge in [-0.15, -0.1) is 0 Å². The molecule has 1 atom stereocenters. The molecule has 0 heterocycles. The fourth-order valence-corrected chi connectivity index (χ4v) is 0.959. The van der Waals surface area contributed by atoms with Crippen molar-refractivity contribution in [1.29, 1.82) is 0 Å². The van der Waals surface area contributed by atoms with Crippen LogP contribution in [0.25, 0.3) is 0 Å². The fraction of sp³-hybridized carbons (Fsp3) is 0.800. The molecule has 5 nitrogen and oxygen atoms in total. The van der Waals surface area contributed by atoms with Crippen LogP contribution in [0, 0.1) is 5.92 Å². The lowest BCUT2D eigenvalue weighted by molar-refractivity contribution is -0.900. The molecule has 0 saturated carbocycles. The molecule has 0 radical (unpaired) electrons. The second kappa shape index (κ2) is 5.70. The van der Waals surface area contributed by atoms with E-state index in [-0.39, 0.29) is 29.6 Å². The SMILES string of the molecule is CCC(C)C(=O)OC[N+](C)(C)CC(=O)O. The topological polar surface area (TPSA) is 63.6 Å². The van der Waals surface area contributed by atoms with Crippen LogP contribution in [-0.2, 0) is 14.3 Å². The number of carbonyl (C=O) groups is 2. The van der Waals surface area contributed by atoms with Crippen molar-refractivity contribution in [2.75, 3.05) is 27.4 Å². The third-order valence-electron chi connectivity index (χ3n) is 2.13. The Bertz CT molecular complexity index is 238. The van der Waals surface area contributed by atoms with Crippen LogP contribution in [0.2, 0.25) is 0 Å². The summed E-state index contributed by atoms with van der Waals surface area (Å²) in [5.41, 5.74) is 0. The number of hydrogen-bond acceptors (Lipinski definition) is 3. The first-order valence-corrected chi connectivity index (χ1v) is 4.99. The van der Waals surface area contributed by atoms with Gasteiger partial charge in [-0.3, -0.25) is 9.28 Å². The molecular formula is C10H20NO4+. The van der Waals surface area contributed by atoms with Crippen LogP contribution in [0.1, 0.15) is 20.3 Å². The Morgan fingerprint density at radius 1 is 1.40 bits per heavy atom. The van der Waals surface area contributed by atoms with E-state index < -0.39 is 5.97 Å². The maximum absolute atomic E-state index is 11.3. The number of esters is 1. The normalized spacial score (nSPS) is 13.3. The van der Waals surface area contributed by atoms with Crippen LogP contribution in [0.5, 0.6) is 0 Å². The third-order valence-corrected chi connectivity index (χ3v) is 2.13. The van der Waals surface area contributed by atoms with E-state index in [4.69, 9.17) is 9.84 Å². The maximum atomic E-state index is 11.3. The summed E-state index contributed by atoms with van der Waals surface area (Å²) >= 11 is 0. The van der Waals surface area contributed by atoms with Crippen LogP contribution in [0.3, 0.4) is 0 Å². The molecule has 0 amide bonds. The number of rotatable bonds is 6. The second-order valence-electron chi connectivity index (χ2n) is 4.39. The summed E-state index contributed by atoms with van der Waals surface area (Å²) in [5, 5.41) is 8.61. The van der Waals surface area contributed by atoms with Gasteiger partial charge in [-0.25, -0.2) is 4.79 Å². The Hall–Kier alpha value is -1.10. The second-order valence-corrected chi connectivity index (χ2v) is 4.39. The van der Waals surface area contributed by atoms with Crippen molar-refractivity contribution in [3.05, 3.63) is 0 Å². The van der Waals surface area contributed by atoms with Crippen molar-refractivity contribution in [1.82, 2.24) is 0 Å². The highest BCUT2D eigenvalue weighted by Crippen LogP contribution is 2.05. The van der Waals surface area contributed by atoms with Gasteiger partial charge in [-0.2, -0.15) is 0 Å². The molecule has 0 saturated heterocycles. The van der Waals surface area contributed by atoms with Crippen molar-refractivity contribution in [2.45, 2.75) is 20.3 Å². The molecule has 1 N–H and O–H groups in total. The molecule has 5 heteroatoms. The zero-order valence-electron chi connectivity index (χ0n) is 9.82. The fourth-order valence-electron chi connectivity index (χ4n) is 0.959. The van der Waals surface area contributed by atoms with E-state index in [1.165, 1.54) is 0 Å². The van der Waals surface area contributed by atoms with Crippen LogP contribution >= 0.6 is 0 Å². The molecule has 0 aliphatic carbocycles. The molecule has 0 aromatic rings. The lowest BCUT2D eigenvalue weighted by Gasteiger charge is -2.27. The van der Waals surface area contributed by atoms with Gasteiger partial charge in [0.25, 0.3) is 0 Å². The van der Waals surface area contributed by atoms with Gasteiger partial charge in [0.1, 0.15) is 0 Å². The zero-order valence-corrected chi connectivity index (χ0v) is 9.82. The Labute approximate surface area is 90.2 Å². The quantitative estimate of drug-likeness (QED) is 0.405. The van der Waals surface area contributed by atoms with Gasteiger partial charge in [-0.1, -0.05) is 13.8 Å². The summed E-state index contributed by atoms with van der Waals surface area (Å²) in [4.78, 5) is 21.8. The van der Waals surface area contributed by atoms with Crippen molar-refractivity contribution in [3.8, 4) is 0 Å². The summed E-state index contributed by atoms with van der Waals surface area (Å²) in [5.74, 6) is -1.30. The van der Waals surface area contributed by atoms with E-state index in [1.807, 2.05) is 6.92 Å². The molecule has 88 valence electrons. The summed E-state index contributed by atoms with van der Waals surface area (Å²) in [6.45, 7) is 3.73. The highest BCUT2D eigenvalue weighted by atomic mass is 16.5. The predicted octanol–water partition coefficient (Wildman–Crippen LogP) is 0.694. The van der Waals surface area contributed by atoms with E-state index >= 15 is 0 Å². The van der Waals surface area contributed by atoms with E-state index in [9.17, 15) is 9.59 Å². The predicted molar refractivity (Wildman–Crippen MR) is 55.0 cm³/mol. The van der Waals surface area contributed by atoms with Gasteiger partial charge in [0.2, 0.25) is 6.73 Å². The van der Waals surface area contributed by atoms with Gasteiger partial charge >= 0.3 is 11.9 Å². The first-order valence-electron chi connectivity index (χ1n) is 4.99. The Balaban J connectivity index is 4.03. The highest BCUT2D eigenvalue weighted by Gasteiger charge is 2.22. The average Bonchev–Trinajstić information content (AvgIpc) is 2.11. The number of carboxylic acids is 1. The molecule has 0 bridgehead atoms. The molecular weight excluding hydrogens is 198 g/mol. The highest BCUT2D eigenvalue weighted by molar-refractivity contribution is 5.71. The van der Waals surface area contributed by atoms with Crippen LogP contribution < -0.4 is 0 Å². The molecule has 0 fully saturated rings. The molecule has 15 heavy (non-hydrogen) atoms. The number of nitrogens with zero attached hydrogens (tertiary/aromatic N) is 1. The van der Waals surface area contributed by atoms with Gasteiger partial charge in [-0.05, 0) is 6.42 Å². The number of carboxylic acid groups (broad SMARTS) is 1. The van der Waals surface area contributed by atoms with E-state index in [2.05, 4.69) is 0 Å². The number of aliphatic carboxylic acids is 1. The molecule has 1 unspecified atom stereocenters. The minimum atomic E-state index is -0.903. The maximum Gasteiger partial charge on any atom is 0.359 e. The van der Waals surface area contributed by atoms with Crippen LogP contribution in [-0.4, -0.2) is 48.9 Å². The van der Waals surface area contributed by atoms with Crippen molar-refractivity contribution >= 4 is 11.9 Å². The third kappa shape index (κ3) is 6.06. The number of likely N-dealkylation sites (N-methyl/N-ethyl adjacent to an activating group) is 1. The van der Waals surface area contributed by atoms with Gasteiger partial charge in [0.05, 0.1) is 20.0 Å². The Kier molecular flexibility index (Phi) is 5.28. The van der Waals surface area contributed by atoms with Crippen molar-refractivity contribution < 1.29 is 23.9 Å². The average molecular weight is 218 g/mol. The summed E-state index contributed by atoms with van der Waals surface area (Å²) in [6, 6.07) is 0. The van der Waals surface area contributed by atoms with Gasteiger partial charge < -0.3 is 9.84 Å². The summed E-state index contributed by atoms with van der Waals surface area (Å²) in [7, 11) is 3.41. The Morgan fingerprint density at radius 3 is 2.33 bits per heavy atom.